The van der Waals surface area contributed by atoms with Crippen LogP contribution >= 0.6 is 0 Å². The standard InChI is InChI=1S/C26H35NO4/c1-25-12-11-20-18(19(25)9-10-23(25)29)8-5-16-13-22(28)21(14-26(16,20)2)27-17-6-3-15(4-7-17)24(30)31/h3-4,6-7,16,18-21,23,27,29H,5,8-14H2,1-2H3,(H,30,31)/t16?,18-,19-,20-,21?,23-,25-,26-/m0/s1. The van der Waals surface area contributed by atoms with E-state index in [-0.39, 0.29) is 28.5 Å². The number of Topliss-reactive ketones (excluding diaryl/α,β-unsaturated/α-hetero) is 1. The summed E-state index contributed by atoms with van der Waals surface area (Å²) < 4.78 is 0. The molecule has 4 fully saturated rings. The molecule has 0 aromatic heterocycles. The lowest BCUT2D eigenvalue weighted by Gasteiger charge is -2.60. The van der Waals surface area contributed by atoms with Crippen molar-refractivity contribution in [3.63, 3.8) is 0 Å². The first-order chi connectivity index (χ1) is 14.7. The normalized spacial score (nSPS) is 44.2. The van der Waals surface area contributed by atoms with Gasteiger partial charge in [-0.15, -0.1) is 0 Å². The maximum atomic E-state index is 13.0. The quantitative estimate of drug-likeness (QED) is 0.651. The number of benzene rings is 1. The number of hydrogen-bond acceptors (Lipinski definition) is 4. The maximum Gasteiger partial charge on any atom is 0.335 e. The molecule has 168 valence electrons. The van der Waals surface area contributed by atoms with Gasteiger partial charge in [-0.25, -0.2) is 4.79 Å². The SMILES string of the molecule is C[C@]12CC[C@H]3[C@@H](CCC4CC(=O)C(Nc5ccc(C(=O)O)cc5)C[C@@]43C)[C@@H]1CC[C@@H]2O. The number of ketones is 1. The van der Waals surface area contributed by atoms with Crippen molar-refractivity contribution in [1.82, 2.24) is 0 Å². The molecular formula is C26H35NO4. The number of carbonyl (C=O) groups is 2. The molecule has 4 aliphatic carbocycles. The summed E-state index contributed by atoms with van der Waals surface area (Å²) in [5, 5.41) is 23.2. The van der Waals surface area contributed by atoms with Crippen LogP contribution in [0.3, 0.4) is 0 Å². The highest BCUT2D eigenvalue weighted by Crippen LogP contribution is 2.66. The average molecular weight is 426 g/mol. The molecule has 2 unspecified atom stereocenters. The molecule has 5 heteroatoms. The number of nitrogens with one attached hydrogen (secondary N) is 1. The summed E-state index contributed by atoms with van der Waals surface area (Å²) in [6.45, 7) is 4.74. The van der Waals surface area contributed by atoms with E-state index in [4.69, 9.17) is 5.11 Å². The number of hydrogen-bond donors (Lipinski definition) is 3. The summed E-state index contributed by atoms with van der Waals surface area (Å²) in [6, 6.07) is 6.50. The van der Waals surface area contributed by atoms with Crippen molar-refractivity contribution < 1.29 is 19.8 Å². The van der Waals surface area contributed by atoms with Gasteiger partial charge in [-0.1, -0.05) is 13.8 Å². The molecule has 31 heavy (non-hydrogen) atoms. The summed E-state index contributed by atoms with van der Waals surface area (Å²) in [6.07, 6.45) is 8.04. The van der Waals surface area contributed by atoms with Crippen molar-refractivity contribution in [3.8, 4) is 0 Å². The van der Waals surface area contributed by atoms with Crippen molar-refractivity contribution in [2.24, 2.45) is 34.5 Å². The van der Waals surface area contributed by atoms with Crippen molar-refractivity contribution >= 4 is 17.4 Å². The van der Waals surface area contributed by atoms with Gasteiger partial charge in [-0.05, 0) is 104 Å². The van der Waals surface area contributed by atoms with Crippen LogP contribution in [-0.2, 0) is 4.79 Å². The fraction of sp³-hybridized carbons (Fsp3) is 0.692. The number of carboxylic acid groups (broad SMARTS) is 1. The Hall–Kier alpha value is -1.88. The Morgan fingerprint density at radius 2 is 1.71 bits per heavy atom. The summed E-state index contributed by atoms with van der Waals surface area (Å²) in [4.78, 5) is 24.1. The molecule has 0 spiro atoms. The largest absolute Gasteiger partial charge is 0.478 e. The van der Waals surface area contributed by atoms with E-state index in [0.29, 0.717) is 35.9 Å². The Balaban J connectivity index is 1.37. The van der Waals surface area contributed by atoms with Crippen LogP contribution < -0.4 is 5.32 Å². The minimum atomic E-state index is -0.940. The molecule has 0 saturated heterocycles. The molecule has 1 aromatic rings. The second-order valence-corrected chi connectivity index (χ2v) is 11.2. The van der Waals surface area contributed by atoms with Gasteiger partial charge >= 0.3 is 5.97 Å². The second kappa shape index (κ2) is 7.33. The van der Waals surface area contributed by atoms with Crippen molar-refractivity contribution in [1.29, 1.82) is 0 Å². The van der Waals surface area contributed by atoms with Crippen LogP contribution in [0.1, 0.15) is 75.6 Å². The zero-order chi connectivity index (χ0) is 22.0. The zero-order valence-electron chi connectivity index (χ0n) is 18.6. The number of aromatic carboxylic acids is 1. The molecule has 5 nitrogen and oxygen atoms in total. The Morgan fingerprint density at radius 3 is 2.42 bits per heavy atom. The van der Waals surface area contributed by atoms with Gasteiger partial charge in [-0.2, -0.15) is 0 Å². The van der Waals surface area contributed by atoms with Gasteiger partial charge in [0, 0.05) is 12.1 Å². The minimum absolute atomic E-state index is 0.0817. The van der Waals surface area contributed by atoms with Crippen molar-refractivity contribution in [2.45, 2.75) is 77.4 Å². The number of anilines is 1. The smallest absolute Gasteiger partial charge is 0.335 e. The molecule has 3 N–H and O–H groups in total. The highest BCUT2D eigenvalue weighted by molar-refractivity contribution is 5.89. The van der Waals surface area contributed by atoms with Crippen LogP contribution in [0.5, 0.6) is 0 Å². The fourth-order valence-electron chi connectivity index (χ4n) is 8.14. The summed E-state index contributed by atoms with van der Waals surface area (Å²) in [5.74, 6) is 1.73. The molecular weight excluding hydrogens is 390 g/mol. The number of aliphatic hydroxyl groups is 1. The third kappa shape index (κ3) is 3.23. The van der Waals surface area contributed by atoms with Crippen LogP contribution in [0.25, 0.3) is 0 Å². The molecule has 8 atom stereocenters. The maximum absolute atomic E-state index is 13.0. The van der Waals surface area contributed by atoms with E-state index in [0.717, 1.165) is 44.2 Å². The van der Waals surface area contributed by atoms with E-state index in [1.165, 1.54) is 6.42 Å². The zero-order valence-corrected chi connectivity index (χ0v) is 18.6. The van der Waals surface area contributed by atoms with Crippen LogP contribution in [0.15, 0.2) is 24.3 Å². The van der Waals surface area contributed by atoms with Gasteiger partial charge in [0.2, 0.25) is 0 Å². The summed E-state index contributed by atoms with van der Waals surface area (Å²) in [7, 11) is 0. The van der Waals surface area contributed by atoms with E-state index in [2.05, 4.69) is 19.2 Å². The fourth-order valence-corrected chi connectivity index (χ4v) is 8.14. The van der Waals surface area contributed by atoms with Crippen LogP contribution in [0, 0.1) is 34.5 Å². The van der Waals surface area contributed by atoms with Crippen molar-refractivity contribution in [2.75, 3.05) is 5.32 Å². The lowest BCUT2D eigenvalue weighted by atomic mass is 9.45. The van der Waals surface area contributed by atoms with Crippen molar-refractivity contribution in [3.05, 3.63) is 29.8 Å². The summed E-state index contributed by atoms with van der Waals surface area (Å²) >= 11 is 0. The Kier molecular flexibility index (Phi) is 4.96. The highest BCUT2D eigenvalue weighted by atomic mass is 16.4. The van der Waals surface area contributed by atoms with Gasteiger partial charge in [0.05, 0.1) is 17.7 Å². The number of rotatable bonds is 3. The average Bonchev–Trinajstić information content (AvgIpc) is 3.04. The van der Waals surface area contributed by atoms with E-state index in [9.17, 15) is 14.7 Å². The molecule has 0 radical (unpaired) electrons. The van der Waals surface area contributed by atoms with Crippen LogP contribution in [0.2, 0.25) is 0 Å². The van der Waals surface area contributed by atoms with E-state index < -0.39 is 5.97 Å². The van der Waals surface area contributed by atoms with Crippen LogP contribution in [-0.4, -0.2) is 34.1 Å². The first-order valence-electron chi connectivity index (χ1n) is 12.0. The lowest BCUT2D eigenvalue weighted by molar-refractivity contribution is -0.143. The third-order valence-electron chi connectivity index (χ3n) is 9.97. The highest BCUT2D eigenvalue weighted by Gasteiger charge is 2.61. The molecule has 0 aliphatic heterocycles. The first kappa shape index (κ1) is 21.0. The van der Waals surface area contributed by atoms with E-state index >= 15 is 0 Å². The minimum Gasteiger partial charge on any atom is -0.478 e. The monoisotopic (exact) mass is 425 g/mol. The van der Waals surface area contributed by atoms with Gasteiger partial charge in [0.1, 0.15) is 0 Å². The molecule has 4 saturated carbocycles. The number of carbonyl (C=O) groups excluding carboxylic acids is 1. The molecule has 0 amide bonds. The van der Waals surface area contributed by atoms with Crippen LogP contribution in [0.4, 0.5) is 5.69 Å². The first-order valence-corrected chi connectivity index (χ1v) is 12.0. The Morgan fingerprint density at radius 1 is 1.00 bits per heavy atom. The lowest BCUT2D eigenvalue weighted by Crippen LogP contribution is -2.57. The Bertz CT molecular complexity index is 882. The van der Waals surface area contributed by atoms with Gasteiger partial charge in [0.15, 0.2) is 5.78 Å². The number of aliphatic hydroxyl groups excluding tert-OH is 1. The molecule has 0 bridgehead atoms. The second-order valence-electron chi connectivity index (χ2n) is 11.2. The van der Waals surface area contributed by atoms with Gasteiger partial charge < -0.3 is 15.5 Å². The molecule has 1 aromatic carbocycles. The van der Waals surface area contributed by atoms with Gasteiger partial charge in [0.25, 0.3) is 0 Å². The Labute approximate surface area is 184 Å². The van der Waals surface area contributed by atoms with E-state index in [1.54, 1.807) is 24.3 Å². The number of fused-ring (bicyclic) bond motifs is 5. The topological polar surface area (TPSA) is 86.6 Å². The van der Waals surface area contributed by atoms with E-state index in [1.807, 2.05) is 0 Å². The van der Waals surface area contributed by atoms with Gasteiger partial charge in [-0.3, -0.25) is 4.79 Å². The number of carboxylic acids is 1. The molecule has 5 rings (SSSR count). The summed E-state index contributed by atoms with van der Waals surface area (Å²) in [5.41, 5.74) is 1.29. The predicted molar refractivity (Wildman–Crippen MR) is 119 cm³/mol. The molecule has 4 aliphatic rings. The predicted octanol–water partition coefficient (Wildman–Crippen LogP) is 4.75. The molecule has 0 heterocycles. The third-order valence-corrected chi connectivity index (χ3v) is 9.97.